The standard InChI is InChI=1S/C18H17BrN4O/c1-10-21-16(11-4-6-12(7-5-11)18(2,3)24)14-9-20-17-13(23(10)14)8-15(19)22-17/h4-9,22,24H,1-3H3. The molecule has 0 radical (unpaired) electrons. The zero-order valence-corrected chi connectivity index (χ0v) is 15.2. The van der Waals surface area contributed by atoms with Crippen LogP contribution in [0, 0.1) is 6.92 Å². The molecule has 0 atom stereocenters. The summed E-state index contributed by atoms with van der Waals surface area (Å²) in [6, 6.07) is 9.87. The van der Waals surface area contributed by atoms with Gasteiger partial charge in [-0.1, -0.05) is 24.3 Å². The van der Waals surface area contributed by atoms with E-state index in [0.29, 0.717) is 0 Å². The largest absolute Gasteiger partial charge is 0.386 e. The van der Waals surface area contributed by atoms with Gasteiger partial charge >= 0.3 is 0 Å². The van der Waals surface area contributed by atoms with Gasteiger partial charge in [-0.3, -0.25) is 4.40 Å². The minimum Gasteiger partial charge on any atom is -0.386 e. The molecule has 24 heavy (non-hydrogen) atoms. The molecular weight excluding hydrogens is 368 g/mol. The predicted octanol–water partition coefficient (Wildman–Crippen LogP) is 4.18. The molecule has 0 saturated carbocycles. The second kappa shape index (κ2) is 5.16. The van der Waals surface area contributed by atoms with Crippen molar-refractivity contribution >= 4 is 32.6 Å². The molecule has 6 heteroatoms. The van der Waals surface area contributed by atoms with Gasteiger partial charge in [0.15, 0.2) is 5.65 Å². The summed E-state index contributed by atoms with van der Waals surface area (Å²) in [5, 5.41) is 10.1. The summed E-state index contributed by atoms with van der Waals surface area (Å²) in [6.07, 6.45) is 1.84. The first-order valence-corrected chi connectivity index (χ1v) is 8.49. The first-order chi connectivity index (χ1) is 11.3. The molecule has 1 aromatic carbocycles. The Morgan fingerprint density at radius 1 is 1.17 bits per heavy atom. The Hall–Kier alpha value is -2.18. The number of imidazole rings is 1. The Balaban J connectivity index is 1.93. The minimum absolute atomic E-state index is 0.818. The lowest BCUT2D eigenvalue weighted by Crippen LogP contribution is -2.14. The van der Waals surface area contributed by atoms with E-state index in [1.807, 2.05) is 43.5 Å². The first-order valence-electron chi connectivity index (χ1n) is 7.70. The SMILES string of the molecule is Cc1nc(-c2ccc(C(C)(C)O)cc2)c2cnc3[nH]c(Br)cc3n12. The number of nitrogens with one attached hydrogen (secondary N) is 1. The lowest BCUT2D eigenvalue weighted by molar-refractivity contribution is 0.0786. The summed E-state index contributed by atoms with van der Waals surface area (Å²) in [6.45, 7) is 5.55. The Bertz CT molecular complexity index is 1050. The summed E-state index contributed by atoms with van der Waals surface area (Å²) < 4.78 is 2.99. The van der Waals surface area contributed by atoms with Crippen LogP contribution in [0.4, 0.5) is 0 Å². The lowest BCUT2D eigenvalue weighted by atomic mass is 9.97. The van der Waals surface area contributed by atoms with E-state index in [-0.39, 0.29) is 0 Å². The van der Waals surface area contributed by atoms with Gasteiger partial charge in [-0.25, -0.2) is 9.97 Å². The molecule has 0 spiro atoms. The Morgan fingerprint density at radius 3 is 2.54 bits per heavy atom. The van der Waals surface area contributed by atoms with E-state index in [4.69, 9.17) is 4.98 Å². The number of aromatic amines is 1. The number of aromatic nitrogens is 4. The third-order valence-electron chi connectivity index (χ3n) is 4.25. The number of rotatable bonds is 2. The van der Waals surface area contributed by atoms with Crippen LogP contribution in [0.25, 0.3) is 27.9 Å². The van der Waals surface area contributed by atoms with Crippen LogP contribution >= 0.6 is 15.9 Å². The number of benzene rings is 1. The quantitative estimate of drug-likeness (QED) is 0.544. The van der Waals surface area contributed by atoms with Crippen LogP contribution in [0.2, 0.25) is 0 Å². The number of H-pyrrole nitrogens is 1. The zero-order chi connectivity index (χ0) is 17.1. The van der Waals surface area contributed by atoms with Gasteiger partial charge < -0.3 is 10.1 Å². The third kappa shape index (κ3) is 2.34. The molecule has 5 nitrogen and oxygen atoms in total. The fraction of sp³-hybridized carbons (Fsp3) is 0.222. The molecule has 0 amide bonds. The highest BCUT2D eigenvalue weighted by atomic mass is 79.9. The Morgan fingerprint density at radius 2 is 1.88 bits per heavy atom. The van der Waals surface area contributed by atoms with Crippen LogP contribution in [0.1, 0.15) is 25.2 Å². The molecule has 0 aliphatic carbocycles. The van der Waals surface area contributed by atoms with Gasteiger partial charge in [-0.15, -0.1) is 0 Å². The van der Waals surface area contributed by atoms with Crippen molar-refractivity contribution in [3.05, 3.63) is 52.5 Å². The van der Waals surface area contributed by atoms with Crippen LogP contribution in [0.5, 0.6) is 0 Å². The van der Waals surface area contributed by atoms with Gasteiger partial charge in [0, 0.05) is 5.56 Å². The highest BCUT2D eigenvalue weighted by Gasteiger charge is 2.18. The number of halogens is 1. The first kappa shape index (κ1) is 15.4. The van der Waals surface area contributed by atoms with Gasteiger partial charge in [-0.2, -0.15) is 0 Å². The van der Waals surface area contributed by atoms with Crippen molar-refractivity contribution in [1.29, 1.82) is 0 Å². The molecule has 0 aliphatic rings. The van der Waals surface area contributed by atoms with Crippen molar-refractivity contribution in [2.45, 2.75) is 26.4 Å². The smallest absolute Gasteiger partial charge is 0.155 e. The van der Waals surface area contributed by atoms with E-state index >= 15 is 0 Å². The summed E-state index contributed by atoms with van der Waals surface area (Å²) in [5.41, 5.74) is 4.69. The number of fused-ring (bicyclic) bond motifs is 3. The lowest BCUT2D eigenvalue weighted by Gasteiger charge is -2.17. The second-order valence-electron chi connectivity index (χ2n) is 6.47. The van der Waals surface area contributed by atoms with Crippen LogP contribution in [-0.4, -0.2) is 24.5 Å². The fourth-order valence-corrected chi connectivity index (χ4v) is 3.42. The summed E-state index contributed by atoms with van der Waals surface area (Å²) in [4.78, 5) is 12.4. The molecule has 3 heterocycles. The van der Waals surface area contributed by atoms with E-state index in [0.717, 1.165) is 43.9 Å². The molecular formula is C18H17BrN4O. The van der Waals surface area contributed by atoms with Crippen molar-refractivity contribution in [1.82, 2.24) is 19.4 Å². The molecule has 0 saturated heterocycles. The molecule has 4 aromatic rings. The molecule has 0 aliphatic heterocycles. The number of hydrogen-bond acceptors (Lipinski definition) is 3. The fourth-order valence-electron chi connectivity index (χ4n) is 3.02. The average molecular weight is 385 g/mol. The molecule has 0 unspecified atom stereocenters. The van der Waals surface area contributed by atoms with Gasteiger partial charge in [0.2, 0.25) is 0 Å². The van der Waals surface area contributed by atoms with Crippen molar-refractivity contribution in [3.8, 4) is 11.3 Å². The number of aliphatic hydroxyl groups is 1. The average Bonchev–Trinajstić information content (AvgIpc) is 3.06. The molecule has 122 valence electrons. The monoisotopic (exact) mass is 384 g/mol. The second-order valence-corrected chi connectivity index (χ2v) is 7.33. The summed E-state index contributed by atoms with van der Waals surface area (Å²) in [7, 11) is 0. The van der Waals surface area contributed by atoms with Crippen LogP contribution in [-0.2, 0) is 5.60 Å². The van der Waals surface area contributed by atoms with E-state index in [2.05, 4.69) is 30.3 Å². The van der Waals surface area contributed by atoms with Gasteiger partial charge in [0.1, 0.15) is 5.82 Å². The topological polar surface area (TPSA) is 66.2 Å². The van der Waals surface area contributed by atoms with E-state index in [1.165, 1.54) is 0 Å². The van der Waals surface area contributed by atoms with Gasteiger partial charge in [0.05, 0.1) is 33.1 Å². The molecule has 2 N–H and O–H groups in total. The zero-order valence-electron chi connectivity index (χ0n) is 13.6. The van der Waals surface area contributed by atoms with Crippen molar-refractivity contribution in [2.24, 2.45) is 0 Å². The number of aryl methyl sites for hydroxylation is 1. The maximum atomic E-state index is 10.1. The minimum atomic E-state index is -0.851. The Kier molecular flexibility index (Phi) is 3.30. The van der Waals surface area contributed by atoms with E-state index in [9.17, 15) is 5.11 Å². The predicted molar refractivity (Wildman–Crippen MR) is 98.0 cm³/mol. The third-order valence-corrected chi connectivity index (χ3v) is 4.67. The number of hydrogen-bond donors (Lipinski definition) is 2. The van der Waals surface area contributed by atoms with Crippen LogP contribution in [0.15, 0.2) is 41.1 Å². The molecule has 0 bridgehead atoms. The van der Waals surface area contributed by atoms with Gasteiger partial charge in [-0.05, 0) is 48.3 Å². The van der Waals surface area contributed by atoms with Crippen molar-refractivity contribution in [2.75, 3.05) is 0 Å². The highest BCUT2D eigenvalue weighted by Crippen LogP contribution is 2.30. The maximum absolute atomic E-state index is 10.1. The van der Waals surface area contributed by atoms with Crippen molar-refractivity contribution in [3.63, 3.8) is 0 Å². The van der Waals surface area contributed by atoms with Crippen LogP contribution in [0.3, 0.4) is 0 Å². The number of nitrogens with zero attached hydrogens (tertiary/aromatic N) is 3. The molecule has 3 aromatic heterocycles. The van der Waals surface area contributed by atoms with Crippen LogP contribution < -0.4 is 0 Å². The van der Waals surface area contributed by atoms with E-state index < -0.39 is 5.60 Å². The Labute approximate surface area is 147 Å². The molecule has 0 fully saturated rings. The normalized spacial score (nSPS) is 12.4. The van der Waals surface area contributed by atoms with Crippen molar-refractivity contribution < 1.29 is 5.11 Å². The summed E-state index contributed by atoms with van der Waals surface area (Å²) in [5.74, 6) is 0.908. The molecule has 4 rings (SSSR count). The highest BCUT2D eigenvalue weighted by molar-refractivity contribution is 9.10. The maximum Gasteiger partial charge on any atom is 0.155 e. The van der Waals surface area contributed by atoms with E-state index in [1.54, 1.807) is 13.8 Å². The summed E-state index contributed by atoms with van der Waals surface area (Å²) >= 11 is 3.46. The van der Waals surface area contributed by atoms with Gasteiger partial charge in [0.25, 0.3) is 0 Å².